The molecule has 2 aromatic rings. The smallest absolute Gasteiger partial charge is 0.335 e. The van der Waals surface area contributed by atoms with E-state index >= 15 is 0 Å². The van der Waals surface area contributed by atoms with Gasteiger partial charge in [0.15, 0.2) is 11.5 Å². The fraction of sp³-hybridized carbons (Fsp3) is 0.417. The van der Waals surface area contributed by atoms with Crippen LogP contribution in [-0.4, -0.2) is 56.9 Å². The molecule has 7 heteroatoms. The number of fused-ring (bicyclic) bond motifs is 1. The van der Waals surface area contributed by atoms with Crippen LogP contribution in [-0.2, 0) is 11.3 Å². The van der Waals surface area contributed by atoms with Gasteiger partial charge >= 0.3 is 5.97 Å². The second-order valence-corrected chi connectivity index (χ2v) is 4.44. The van der Waals surface area contributed by atoms with Crippen LogP contribution in [0.5, 0.6) is 0 Å². The number of hydrogen-bond donors (Lipinski definition) is 1. The highest BCUT2D eigenvalue weighted by Gasteiger charge is 2.14. The molecular formula is C12H14N4O3. The summed E-state index contributed by atoms with van der Waals surface area (Å²) in [4.78, 5) is 17.5. The fourth-order valence-corrected chi connectivity index (χ4v) is 2.09. The van der Waals surface area contributed by atoms with Crippen molar-refractivity contribution in [3.05, 3.63) is 29.7 Å². The van der Waals surface area contributed by atoms with E-state index in [4.69, 9.17) is 9.84 Å². The average Bonchev–Trinajstić information content (AvgIpc) is 2.80. The first-order valence-corrected chi connectivity index (χ1v) is 6.11. The van der Waals surface area contributed by atoms with Gasteiger partial charge in [-0.3, -0.25) is 4.90 Å². The Balaban J connectivity index is 1.82. The summed E-state index contributed by atoms with van der Waals surface area (Å²) in [6, 6.07) is 3.04. The van der Waals surface area contributed by atoms with E-state index in [9.17, 15) is 4.79 Å². The lowest BCUT2D eigenvalue weighted by atomic mass is 10.3. The third kappa shape index (κ3) is 2.56. The van der Waals surface area contributed by atoms with Crippen molar-refractivity contribution in [2.75, 3.05) is 26.3 Å². The van der Waals surface area contributed by atoms with Crippen LogP contribution in [0.4, 0.5) is 0 Å². The summed E-state index contributed by atoms with van der Waals surface area (Å²) in [5, 5.41) is 13.3. The molecule has 1 aliphatic heterocycles. The van der Waals surface area contributed by atoms with Gasteiger partial charge in [-0.05, 0) is 12.1 Å². The van der Waals surface area contributed by atoms with E-state index in [0.29, 0.717) is 18.0 Å². The number of pyridine rings is 1. The number of carbonyl (C=O) groups is 1. The van der Waals surface area contributed by atoms with Gasteiger partial charge in [0.25, 0.3) is 0 Å². The Hall–Kier alpha value is -1.99. The highest BCUT2D eigenvalue weighted by atomic mass is 16.5. The van der Waals surface area contributed by atoms with Crippen molar-refractivity contribution in [1.82, 2.24) is 19.5 Å². The van der Waals surface area contributed by atoms with Crippen LogP contribution in [0.25, 0.3) is 5.65 Å². The molecule has 0 bridgehead atoms. The average molecular weight is 262 g/mol. The zero-order valence-corrected chi connectivity index (χ0v) is 10.3. The second kappa shape index (κ2) is 4.94. The molecule has 0 radical (unpaired) electrons. The number of carboxylic acid groups (broad SMARTS) is 1. The lowest BCUT2D eigenvalue weighted by molar-refractivity contribution is 0.0331. The topological polar surface area (TPSA) is 80.0 Å². The summed E-state index contributed by atoms with van der Waals surface area (Å²) < 4.78 is 6.88. The van der Waals surface area contributed by atoms with Gasteiger partial charge in [0, 0.05) is 19.3 Å². The molecule has 0 saturated carbocycles. The van der Waals surface area contributed by atoms with E-state index < -0.39 is 5.97 Å². The Labute approximate surface area is 109 Å². The fourth-order valence-electron chi connectivity index (χ4n) is 2.09. The van der Waals surface area contributed by atoms with Crippen LogP contribution < -0.4 is 0 Å². The second-order valence-electron chi connectivity index (χ2n) is 4.44. The van der Waals surface area contributed by atoms with E-state index in [0.717, 1.165) is 26.3 Å². The maximum atomic E-state index is 10.9. The summed E-state index contributed by atoms with van der Waals surface area (Å²) >= 11 is 0. The number of rotatable bonds is 3. The third-order valence-electron chi connectivity index (χ3n) is 3.10. The number of aromatic carboxylic acids is 1. The van der Waals surface area contributed by atoms with E-state index in [1.165, 1.54) is 12.1 Å². The largest absolute Gasteiger partial charge is 0.478 e. The molecule has 19 heavy (non-hydrogen) atoms. The lowest BCUT2D eigenvalue weighted by Crippen LogP contribution is -2.35. The monoisotopic (exact) mass is 262 g/mol. The molecule has 0 spiro atoms. The highest BCUT2D eigenvalue weighted by Crippen LogP contribution is 2.08. The third-order valence-corrected chi connectivity index (χ3v) is 3.10. The Morgan fingerprint density at radius 1 is 1.42 bits per heavy atom. The molecule has 1 saturated heterocycles. The first-order chi connectivity index (χ1) is 9.22. The SMILES string of the molecule is O=C(O)c1ccn2nc(CN3CCOCC3)nc2c1. The molecule has 0 aliphatic carbocycles. The summed E-state index contributed by atoms with van der Waals surface area (Å²) in [6.45, 7) is 3.87. The van der Waals surface area contributed by atoms with E-state index in [-0.39, 0.29) is 5.56 Å². The van der Waals surface area contributed by atoms with Crippen molar-refractivity contribution >= 4 is 11.6 Å². The zero-order valence-electron chi connectivity index (χ0n) is 10.3. The molecule has 0 amide bonds. The van der Waals surface area contributed by atoms with Gasteiger partial charge in [0.2, 0.25) is 0 Å². The first kappa shape index (κ1) is 12.1. The van der Waals surface area contributed by atoms with Crippen LogP contribution in [0.1, 0.15) is 16.2 Å². The minimum atomic E-state index is -0.958. The predicted octanol–water partition coefficient (Wildman–Crippen LogP) is 0.260. The molecule has 1 fully saturated rings. The summed E-state index contributed by atoms with van der Waals surface area (Å²) in [5.74, 6) is -0.260. The van der Waals surface area contributed by atoms with Crippen LogP contribution in [0.2, 0.25) is 0 Å². The van der Waals surface area contributed by atoms with Crippen LogP contribution in [0, 0.1) is 0 Å². The van der Waals surface area contributed by atoms with Crippen molar-refractivity contribution in [2.24, 2.45) is 0 Å². The Morgan fingerprint density at radius 2 is 2.21 bits per heavy atom. The molecule has 2 aromatic heterocycles. The lowest BCUT2D eigenvalue weighted by Gasteiger charge is -2.25. The van der Waals surface area contributed by atoms with Crippen molar-refractivity contribution in [2.45, 2.75) is 6.54 Å². The van der Waals surface area contributed by atoms with E-state index in [2.05, 4.69) is 15.0 Å². The number of carboxylic acids is 1. The van der Waals surface area contributed by atoms with Crippen molar-refractivity contribution in [3.8, 4) is 0 Å². The quantitative estimate of drug-likeness (QED) is 0.854. The highest BCUT2D eigenvalue weighted by molar-refractivity contribution is 5.88. The molecule has 3 heterocycles. The van der Waals surface area contributed by atoms with Gasteiger partial charge in [-0.15, -0.1) is 5.10 Å². The van der Waals surface area contributed by atoms with Crippen LogP contribution in [0.3, 0.4) is 0 Å². The maximum Gasteiger partial charge on any atom is 0.335 e. The van der Waals surface area contributed by atoms with Crippen molar-refractivity contribution < 1.29 is 14.6 Å². The van der Waals surface area contributed by atoms with Gasteiger partial charge in [-0.2, -0.15) is 0 Å². The Bertz CT molecular complexity index is 604. The van der Waals surface area contributed by atoms with E-state index in [1.54, 1.807) is 10.7 Å². The minimum absolute atomic E-state index is 0.220. The van der Waals surface area contributed by atoms with Gasteiger partial charge < -0.3 is 9.84 Å². The first-order valence-electron chi connectivity index (χ1n) is 6.11. The van der Waals surface area contributed by atoms with Gasteiger partial charge in [0.05, 0.1) is 25.3 Å². The van der Waals surface area contributed by atoms with E-state index in [1.807, 2.05) is 0 Å². The summed E-state index contributed by atoms with van der Waals surface area (Å²) in [5.41, 5.74) is 0.779. The predicted molar refractivity (Wildman–Crippen MR) is 66.0 cm³/mol. The molecule has 0 aromatic carbocycles. The molecule has 0 atom stereocenters. The normalized spacial score (nSPS) is 16.8. The molecule has 1 N–H and O–H groups in total. The zero-order chi connectivity index (χ0) is 13.2. The molecule has 1 aliphatic rings. The number of morpholine rings is 1. The number of nitrogens with zero attached hydrogens (tertiary/aromatic N) is 4. The number of ether oxygens (including phenoxy) is 1. The maximum absolute atomic E-state index is 10.9. The molecular weight excluding hydrogens is 248 g/mol. The van der Waals surface area contributed by atoms with Gasteiger partial charge in [-0.25, -0.2) is 14.3 Å². The summed E-state index contributed by atoms with van der Waals surface area (Å²) in [7, 11) is 0. The standard InChI is InChI=1S/C12H14N4O3/c17-12(18)9-1-2-16-11(7-9)13-10(14-16)8-15-3-5-19-6-4-15/h1-2,7H,3-6,8H2,(H,17,18). The Kier molecular flexibility index (Phi) is 3.14. The molecule has 7 nitrogen and oxygen atoms in total. The molecule has 0 unspecified atom stereocenters. The summed E-state index contributed by atoms with van der Waals surface area (Å²) in [6.07, 6.45) is 1.62. The van der Waals surface area contributed by atoms with Crippen molar-refractivity contribution in [3.63, 3.8) is 0 Å². The van der Waals surface area contributed by atoms with Gasteiger partial charge in [-0.1, -0.05) is 0 Å². The molecule has 3 rings (SSSR count). The Morgan fingerprint density at radius 3 is 2.95 bits per heavy atom. The number of hydrogen-bond acceptors (Lipinski definition) is 5. The van der Waals surface area contributed by atoms with Crippen molar-refractivity contribution in [1.29, 1.82) is 0 Å². The van der Waals surface area contributed by atoms with Gasteiger partial charge in [0.1, 0.15) is 0 Å². The number of aromatic nitrogens is 3. The minimum Gasteiger partial charge on any atom is -0.478 e. The van der Waals surface area contributed by atoms with Crippen LogP contribution >= 0.6 is 0 Å². The molecule has 100 valence electrons. The van der Waals surface area contributed by atoms with Crippen LogP contribution in [0.15, 0.2) is 18.3 Å².